The zero-order valence-corrected chi connectivity index (χ0v) is 10.6. The highest BCUT2D eigenvalue weighted by Gasteiger charge is 2.19. The van der Waals surface area contributed by atoms with Gasteiger partial charge in [0, 0.05) is 6.61 Å². The lowest BCUT2D eigenvalue weighted by atomic mass is 9.89. The van der Waals surface area contributed by atoms with Crippen LogP contribution in [0.1, 0.15) is 42.9 Å². The molecule has 1 heterocycles. The van der Waals surface area contributed by atoms with E-state index in [0.717, 1.165) is 50.0 Å². The first kappa shape index (κ1) is 12.0. The van der Waals surface area contributed by atoms with E-state index in [2.05, 4.69) is 6.07 Å². The molecular weight excluding hydrogens is 228 g/mol. The zero-order valence-electron chi connectivity index (χ0n) is 10.6. The van der Waals surface area contributed by atoms with E-state index in [1.807, 2.05) is 12.1 Å². The second kappa shape index (κ2) is 5.29. The number of hydrogen-bond donors (Lipinski definition) is 1. The number of aryl methyl sites for hydroxylation is 1. The summed E-state index contributed by atoms with van der Waals surface area (Å²) in [5.74, 6) is 0.852. The molecule has 1 N–H and O–H groups in total. The summed E-state index contributed by atoms with van der Waals surface area (Å²) in [6.45, 7) is 1.48. The van der Waals surface area contributed by atoms with E-state index in [4.69, 9.17) is 9.47 Å². The number of fused-ring (bicyclic) bond motifs is 1. The van der Waals surface area contributed by atoms with Crippen LogP contribution in [0.5, 0.6) is 5.75 Å². The Bertz CT molecular complexity index is 410. The highest BCUT2D eigenvalue weighted by Crippen LogP contribution is 2.32. The predicted octanol–water partition coefficient (Wildman–Crippen LogP) is 2.61. The molecule has 0 radical (unpaired) electrons. The third-order valence-corrected chi connectivity index (χ3v) is 3.86. The maximum atomic E-state index is 9.99. The summed E-state index contributed by atoms with van der Waals surface area (Å²) in [5.41, 5.74) is 2.31. The van der Waals surface area contributed by atoms with Crippen molar-refractivity contribution in [3.63, 3.8) is 0 Å². The quantitative estimate of drug-likeness (QED) is 0.893. The molecule has 1 aromatic rings. The number of hydrogen-bond acceptors (Lipinski definition) is 3. The van der Waals surface area contributed by atoms with Crippen LogP contribution in [0.4, 0.5) is 0 Å². The van der Waals surface area contributed by atoms with Gasteiger partial charge in [-0.1, -0.05) is 6.07 Å². The molecule has 0 aromatic heterocycles. The Hall–Kier alpha value is -1.06. The van der Waals surface area contributed by atoms with Crippen LogP contribution in [-0.2, 0) is 11.2 Å². The molecule has 3 heteroatoms. The highest BCUT2D eigenvalue weighted by atomic mass is 16.5. The molecule has 1 fully saturated rings. The molecule has 2 atom stereocenters. The van der Waals surface area contributed by atoms with Gasteiger partial charge in [-0.05, 0) is 55.4 Å². The number of aliphatic hydroxyl groups excluding tert-OH is 1. The van der Waals surface area contributed by atoms with E-state index in [0.29, 0.717) is 6.61 Å². The van der Waals surface area contributed by atoms with Crippen molar-refractivity contribution in [2.75, 3.05) is 13.2 Å². The van der Waals surface area contributed by atoms with Gasteiger partial charge in [0.05, 0.1) is 12.2 Å². The van der Waals surface area contributed by atoms with Gasteiger partial charge in [0.25, 0.3) is 0 Å². The van der Waals surface area contributed by atoms with Crippen molar-refractivity contribution >= 4 is 0 Å². The lowest BCUT2D eigenvalue weighted by Gasteiger charge is -2.22. The Morgan fingerprint density at radius 2 is 2.22 bits per heavy atom. The van der Waals surface area contributed by atoms with Gasteiger partial charge in [-0.15, -0.1) is 0 Å². The largest absolute Gasteiger partial charge is 0.491 e. The van der Waals surface area contributed by atoms with Crippen LogP contribution in [-0.4, -0.2) is 24.4 Å². The van der Waals surface area contributed by atoms with E-state index >= 15 is 0 Å². The second-order valence-corrected chi connectivity index (χ2v) is 5.21. The first-order valence-corrected chi connectivity index (χ1v) is 6.88. The van der Waals surface area contributed by atoms with E-state index in [-0.39, 0.29) is 12.2 Å². The first-order valence-electron chi connectivity index (χ1n) is 6.88. The van der Waals surface area contributed by atoms with E-state index < -0.39 is 0 Å². The van der Waals surface area contributed by atoms with Crippen molar-refractivity contribution in [3.8, 4) is 5.75 Å². The molecule has 0 spiro atoms. The summed E-state index contributed by atoms with van der Waals surface area (Å²) in [7, 11) is 0. The van der Waals surface area contributed by atoms with Gasteiger partial charge in [-0.3, -0.25) is 0 Å². The number of benzene rings is 1. The van der Waals surface area contributed by atoms with Gasteiger partial charge in [-0.2, -0.15) is 0 Å². The molecular formula is C15H20O3. The smallest absolute Gasteiger partial charge is 0.119 e. The molecule has 3 nitrogen and oxygen atoms in total. The van der Waals surface area contributed by atoms with E-state index in [1.54, 1.807) is 0 Å². The topological polar surface area (TPSA) is 38.7 Å². The Kier molecular flexibility index (Phi) is 3.52. The summed E-state index contributed by atoms with van der Waals surface area (Å²) in [5, 5.41) is 9.99. The minimum Gasteiger partial charge on any atom is -0.491 e. The third kappa shape index (κ3) is 2.52. The molecule has 1 aliphatic heterocycles. The average molecular weight is 248 g/mol. The molecule has 2 aliphatic rings. The lowest BCUT2D eigenvalue weighted by molar-refractivity contribution is 0.0677. The number of rotatable bonds is 3. The maximum Gasteiger partial charge on any atom is 0.119 e. The summed E-state index contributed by atoms with van der Waals surface area (Å²) in [4.78, 5) is 0. The van der Waals surface area contributed by atoms with Crippen molar-refractivity contribution < 1.29 is 14.6 Å². The molecule has 98 valence electrons. The average Bonchev–Trinajstić information content (AvgIpc) is 2.90. The molecule has 0 amide bonds. The van der Waals surface area contributed by atoms with Crippen molar-refractivity contribution in [2.24, 2.45) is 0 Å². The fraction of sp³-hybridized carbons (Fsp3) is 0.600. The monoisotopic (exact) mass is 248 g/mol. The van der Waals surface area contributed by atoms with Gasteiger partial charge in [0.2, 0.25) is 0 Å². The van der Waals surface area contributed by atoms with Crippen LogP contribution in [0.3, 0.4) is 0 Å². The number of ether oxygens (including phenoxy) is 2. The minimum absolute atomic E-state index is 0.242. The van der Waals surface area contributed by atoms with Gasteiger partial charge >= 0.3 is 0 Å². The maximum absolute atomic E-state index is 9.99. The molecule has 1 unspecified atom stereocenters. The van der Waals surface area contributed by atoms with Crippen molar-refractivity contribution in [3.05, 3.63) is 29.3 Å². The predicted molar refractivity (Wildman–Crippen MR) is 68.8 cm³/mol. The molecule has 3 rings (SSSR count). The fourth-order valence-corrected chi connectivity index (χ4v) is 2.81. The highest BCUT2D eigenvalue weighted by molar-refractivity contribution is 5.38. The van der Waals surface area contributed by atoms with Gasteiger partial charge in [0.1, 0.15) is 12.4 Å². The first-order chi connectivity index (χ1) is 8.83. The van der Waals surface area contributed by atoms with Crippen LogP contribution in [0.25, 0.3) is 0 Å². The van der Waals surface area contributed by atoms with Crippen LogP contribution in [0, 0.1) is 0 Å². The van der Waals surface area contributed by atoms with Crippen LogP contribution >= 0.6 is 0 Å². The van der Waals surface area contributed by atoms with Gasteiger partial charge < -0.3 is 14.6 Å². The second-order valence-electron chi connectivity index (χ2n) is 5.21. The molecule has 0 saturated carbocycles. The Labute approximate surface area is 108 Å². The molecule has 1 aromatic carbocycles. The Morgan fingerprint density at radius 3 is 3.06 bits per heavy atom. The molecule has 1 aliphatic carbocycles. The SMILES string of the molecule is O[C@H]1CCCc2ccc(OCC3CCCO3)cc21. The van der Waals surface area contributed by atoms with Crippen LogP contribution < -0.4 is 4.74 Å². The molecule has 1 saturated heterocycles. The van der Waals surface area contributed by atoms with Crippen molar-refractivity contribution in [2.45, 2.75) is 44.3 Å². The zero-order chi connectivity index (χ0) is 12.4. The Balaban J connectivity index is 1.67. The molecule has 18 heavy (non-hydrogen) atoms. The lowest BCUT2D eigenvalue weighted by Crippen LogP contribution is -2.16. The minimum atomic E-state index is -0.319. The Morgan fingerprint density at radius 1 is 1.28 bits per heavy atom. The summed E-state index contributed by atoms with van der Waals surface area (Å²) < 4.78 is 11.3. The fourth-order valence-electron chi connectivity index (χ4n) is 2.81. The standard InChI is InChI=1S/C15H20O3/c16-15-5-1-3-11-6-7-12(9-14(11)15)18-10-13-4-2-8-17-13/h6-7,9,13,15-16H,1-5,8,10H2/t13?,15-/m0/s1. The summed E-state index contributed by atoms with van der Waals surface area (Å²) in [6, 6.07) is 6.09. The van der Waals surface area contributed by atoms with E-state index in [1.165, 1.54) is 5.56 Å². The van der Waals surface area contributed by atoms with Crippen molar-refractivity contribution in [1.29, 1.82) is 0 Å². The van der Waals surface area contributed by atoms with Crippen LogP contribution in [0.15, 0.2) is 18.2 Å². The van der Waals surface area contributed by atoms with Gasteiger partial charge in [-0.25, -0.2) is 0 Å². The molecule has 0 bridgehead atoms. The van der Waals surface area contributed by atoms with Gasteiger partial charge in [0.15, 0.2) is 0 Å². The van der Waals surface area contributed by atoms with Crippen LogP contribution in [0.2, 0.25) is 0 Å². The van der Waals surface area contributed by atoms with Crippen molar-refractivity contribution in [1.82, 2.24) is 0 Å². The summed E-state index contributed by atoms with van der Waals surface area (Å²) in [6.07, 6.45) is 5.15. The van der Waals surface area contributed by atoms with E-state index in [9.17, 15) is 5.11 Å². The third-order valence-electron chi connectivity index (χ3n) is 3.86. The number of aliphatic hydroxyl groups is 1. The normalized spacial score (nSPS) is 26.9. The summed E-state index contributed by atoms with van der Waals surface area (Å²) >= 11 is 0.